The van der Waals surface area contributed by atoms with E-state index in [1.54, 1.807) is 30.3 Å². The minimum Gasteiger partial charge on any atom is -0.478 e. The van der Waals surface area contributed by atoms with Crippen molar-refractivity contribution in [1.82, 2.24) is 0 Å². The molecule has 0 saturated carbocycles. The lowest BCUT2D eigenvalue weighted by atomic mass is 9.99. The van der Waals surface area contributed by atoms with Crippen molar-refractivity contribution < 1.29 is 19.8 Å². The maximum atomic E-state index is 11.1. The summed E-state index contributed by atoms with van der Waals surface area (Å²) >= 11 is 0. The number of benzene rings is 3. The van der Waals surface area contributed by atoms with Gasteiger partial charge >= 0.3 is 11.9 Å². The van der Waals surface area contributed by atoms with Gasteiger partial charge in [0.2, 0.25) is 0 Å². The summed E-state index contributed by atoms with van der Waals surface area (Å²) in [5.74, 6) is -2.46. The number of hydrogen-bond donors (Lipinski definition) is 2. The van der Waals surface area contributed by atoms with E-state index in [1.807, 2.05) is 36.4 Å². The Labute approximate surface area is 127 Å². The number of carboxylic acid groups (broad SMARTS) is 2. The second kappa shape index (κ2) is 7.04. The van der Waals surface area contributed by atoms with Crippen molar-refractivity contribution in [3.63, 3.8) is 0 Å². The molecule has 22 heavy (non-hydrogen) atoms. The maximum absolute atomic E-state index is 11.1. The third-order valence-corrected chi connectivity index (χ3v) is 3.04. The van der Waals surface area contributed by atoms with Gasteiger partial charge in [-0.15, -0.1) is 0 Å². The van der Waals surface area contributed by atoms with Gasteiger partial charge in [-0.2, -0.15) is 0 Å². The van der Waals surface area contributed by atoms with Crippen molar-refractivity contribution >= 4 is 22.7 Å². The molecule has 0 aromatic heterocycles. The smallest absolute Gasteiger partial charge is 0.337 e. The van der Waals surface area contributed by atoms with Crippen LogP contribution in [0.25, 0.3) is 10.8 Å². The highest BCUT2D eigenvalue weighted by Crippen LogP contribution is 2.22. The van der Waals surface area contributed by atoms with Crippen molar-refractivity contribution in [2.45, 2.75) is 0 Å². The minimum atomic E-state index is -1.23. The van der Waals surface area contributed by atoms with Crippen LogP contribution in [-0.4, -0.2) is 22.2 Å². The summed E-state index contributed by atoms with van der Waals surface area (Å²) in [5.41, 5.74) is -0.350. The third kappa shape index (κ3) is 3.49. The van der Waals surface area contributed by atoms with Crippen LogP contribution in [0.5, 0.6) is 0 Å². The van der Waals surface area contributed by atoms with Crippen molar-refractivity contribution in [3.05, 3.63) is 83.9 Å². The third-order valence-electron chi connectivity index (χ3n) is 3.04. The SMILES string of the molecule is O=C(O)c1ccc2ccccc2c1C(=O)O.c1ccccc1. The summed E-state index contributed by atoms with van der Waals surface area (Å²) in [5, 5.41) is 19.1. The van der Waals surface area contributed by atoms with Crippen LogP contribution in [0.2, 0.25) is 0 Å². The fraction of sp³-hybridized carbons (Fsp3) is 0. The normalized spacial score (nSPS) is 9.64. The van der Waals surface area contributed by atoms with E-state index >= 15 is 0 Å². The van der Waals surface area contributed by atoms with E-state index in [2.05, 4.69) is 0 Å². The van der Waals surface area contributed by atoms with Gasteiger partial charge in [-0.1, -0.05) is 66.7 Å². The largest absolute Gasteiger partial charge is 0.478 e. The summed E-state index contributed by atoms with van der Waals surface area (Å²) in [6.07, 6.45) is 0. The van der Waals surface area contributed by atoms with Gasteiger partial charge < -0.3 is 10.2 Å². The molecule has 0 saturated heterocycles. The number of aromatic carboxylic acids is 2. The number of fused-ring (bicyclic) bond motifs is 1. The minimum absolute atomic E-state index is 0.161. The predicted molar refractivity (Wildman–Crippen MR) is 84.3 cm³/mol. The molecule has 0 aliphatic rings. The van der Waals surface area contributed by atoms with Crippen LogP contribution < -0.4 is 0 Å². The number of carbonyl (C=O) groups is 2. The van der Waals surface area contributed by atoms with Gasteiger partial charge in [-0.05, 0) is 16.8 Å². The molecule has 4 heteroatoms. The Kier molecular flexibility index (Phi) is 4.88. The Bertz CT molecular complexity index is 768. The van der Waals surface area contributed by atoms with E-state index in [0.717, 1.165) is 0 Å². The Morgan fingerprint density at radius 1 is 0.636 bits per heavy atom. The zero-order chi connectivity index (χ0) is 15.9. The monoisotopic (exact) mass is 294 g/mol. The van der Waals surface area contributed by atoms with Crippen LogP contribution >= 0.6 is 0 Å². The Hall–Kier alpha value is -3.14. The number of rotatable bonds is 2. The molecule has 0 atom stereocenters. The van der Waals surface area contributed by atoms with Crippen LogP contribution in [0.15, 0.2) is 72.8 Å². The molecule has 3 aromatic rings. The molecular formula is C18H14O4. The van der Waals surface area contributed by atoms with Crippen LogP contribution in [0.4, 0.5) is 0 Å². The highest BCUT2D eigenvalue weighted by atomic mass is 16.4. The molecule has 0 spiro atoms. The van der Waals surface area contributed by atoms with Gasteiger partial charge in [-0.3, -0.25) is 0 Å². The van der Waals surface area contributed by atoms with E-state index in [9.17, 15) is 9.59 Å². The first-order chi connectivity index (χ1) is 10.6. The van der Waals surface area contributed by atoms with Crippen molar-refractivity contribution in [2.24, 2.45) is 0 Å². The van der Waals surface area contributed by atoms with E-state index in [0.29, 0.717) is 10.8 Å². The molecule has 110 valence electrons. The van der Waals surface area contributed by atoms with Crippen molar-refractivity contribution in [1.29, 1.82) is 0 Å². The molecule has 4 nitrogen and oxygen atoms in total. The molecule has 0 bridgehead atoms. The molecule has 0 aliphatic carbocycles. The Morgan fingerprint density at radius 2 is 1.18 bits per heavy atom. The molecule has 0 fully saturated rings. The maximum Gasteiger partial charge on any atom is 0.337 e. The average Bonchev–Trinajstić information content (AvgIpc) is 2.55. The first kappa shape index (κ1) is 15.3. The predicted octanol–water partition coefficient (Wildman–Crippen LogP) is 3.92. The highest BCUT2D eigenvalue weighted by molar-refractivity contribution is 6.11. The molecule has 2 N–H and O–H groups in total. The first-order valence-electron chi connectivity index (χ1n) is 6.59. The quantitative estimate of drug-likeness (QED) is 0.751. The van der Waals surface area contributed by atoms with Crippen LogP contribution in [0.1, 0.15) is 20.7 Å². The molecule has 0 unspecified atom stereocenters. The van der Waals surface area contributed by atoms with Gasteiger partial charge in [-0.25, -0.2) is 9.59 Å². The van der Waals surface area contributed by atoms with Crippen LogP contribution in [-0.2, 0) is 0 Å². The summed E-state index contributed by atoms with van der Waals surface area (Å²) in [7, 11) is 0. The lowest BCUT2D eigenvalue weighted by Gasteiger charge is -2.05. The van der Waals surface area contributed by atoms with Crippen molar-refractivity contribution in [2.75, 3.05) is 0 Å². The summed E-state index contributed by atoms with van der Waals surface area (Å²) in [6, 6.07) is 21.7. The van der Waals surface area contributed by atoms with Crippen LogP contribution in [0, 0.1) is 0 Å². The highest BCUT2D eigenvalue weighted by Gasteiger charge is 2.18. The number of carboxylic acids is 2. The molecule has 0 radical (unpaired) electrons. The van der Waals surface area contributed by atoms with Gasteiger partial charge in [0.1, 0.15) is 0 Å². The fourth-order valence-corrected chi connectivity index (χ4v) is 2.07. The fourth-order valence-electron chi connectivity index (χ4n) is 2.07. The average molecular weight is 294 g/mol. The number of hydrogen-bond acceptors (Lipinski definition) is 2. The molecule has 0 aliphatic heterocycles. The lowest BCUT2D eigenvalue weighted by Crippen LogP contribution is -2.08. The lowest BCUT2D eigenvalue weighted by molar-refractivity contribution is 0.0653. The Morgan fingerprint density at radius 3 is 1.68 bits per heavy atom. The topological polar surface area (TPSA) is 74.6 Å². The van der Waals surface area contributed by atoms with Gasteiger partial charge in [0.25, 0.3) is 0 Å². The Balaban J connectivity index is 0.000000246. The van der Waals surface area contributed by atoms with E-state index in [4.69, 9.17) is 10.2 Å². The van der Waals surface area contributed by atoms with Crippen LogP contribution in [0.3, 0.4) is 0 Å². The van der Waals surface area contributed by atoms with E-state index in [1.165, 1.54) is 6.07 Å². The molecule has 3 aromatic carbocycles. The summed E-state index contributed by atoms with van der Waals surface area (Å²) in [4.78, 5) is 22.0. The molecule has 0 amide bonds. The van der Waals surface area contributed by atoms with Gasteiger partial charge in [0, 0.05) is 0 Å². The van der Waals surface area contributed by atoms with E-state index < -0.39 is 11.9 Å². The van der Waals surface area contributed by atoms with E-state index in [-0.39, 0.29) is 11.1 Å². The zero-order valence-electron chi connectivity index (χ0n) is 11.6. The summed E-state index contributed by atoms with van der Waals surface area (Å²) < 4.78 is 0. The zero-order valence-corrected chi connectivity index (χ0v) is 11.6. The molecule has 0 heterocycles. The standard InChI is InChI=1S/C12H8O4.C6H6/c13-11(14)9-6-5-7-3-1-2-4-8(7)10(9)12(15)16;1-2-4-6-5-3-1/h1-6H,(H,13,14)(H,15,16);1-6H. The first-order valence-corrected chi connectivity index (χ1v) is 6.59. The summed E-state index contributed by atoms with van der Waals surface area (Å²) in [6.45, 7) is 0. The second-order valence-electron chi connectivity index (χ2n) is 4.47. The van der Waals surface area contributed by atoms with Gasteiger partial charge in [0.15, 0.2) is 0 Å². The second-order valence-corrected chi connectivity index (χ2v) is 4.47. The molecular weight excluding hydrogens is 280 g/mol. The molecule has 3 rings (SSSR count). The van der Waals surface area contributed by atoms with Crippen molar-refractivity contribution in [3.8, 4) is 0 Å². The van der Waals surface area contributed by atoms with Gasteiger partial charge in [0.05, 0.1) is 11.1 Å².